The van der Waals surface area contributed by atoms with E-state index in [1.165, 1.54) is 10.9 Å². The number of aromatic nitrogens is 3. The van der Waals surface area contributed by atoms with Gasteiger partial charge in [0.2, 0.25) is 0 Å². The number of para-hydroxylation sites is 1. The van der Waals surface area contributed by atoms with E-state index in [0.29, 0.717) is 6.61 Å². The van der Waals surface area contributed by atoms with Crippen LogP contribution in [-0.4, -0.2) is 39.6 Å². The van der Waals surface area contributed by atoms with Gasteiger partial charge in [0.05, 0.1) is 24.8 Å². The van der Waals surface area contributed by atoms with Crippen molar-refractivity contribution in [2.24, 2.45) is 0 Å². The minimum Gasteiger partial charge on any atom is -0.378 e. The fourth-order valence-electron chi connectivity index (χ4n) is 3.20. The molecule has 5 nitrogen and oxygen atoms in total. The van der Waals surface area contributed by atoms with E-state index < -0.39 is 0 Å². The Bertz CT molecular complexity index is 808. The highest BCUT2D eigenvalue weighted by molar-refractivity contribution is 5.81. The summed E-state index contributed by atoms with van der Waals surface area (Å²) in [5.74, 6) is 0.982. The number of imidazole rings is 1. The molecule has 0 aliphatic carbocycles. The maximum absolute atomic E-state index is 5.68. The van der Waals surface area contributed by atoms with E-state index >= 15 is 0 Å². The van der Waals surface area contributed by atoms with E-state index in [-0.39, 0.29) is 6.04 Å². The van der Waals surface area contributed by atoms with Crippen LogP contribution in [0, 0.1) is 6.92 Å². The summed E-state index contributed by atoms with van der Waals surface area (Å²) in [7, 11) is 0. The molecule has 0 bridgehead atoms. The first-order valence-corrected chi connectivity index (χ1v) is 7.97. The van der Waals surface area contributed by atoms with Gasteiger partial charge in [-0.3, -0.25) is 9.88 Å². The number of ether oxygens (including phenoxy) is 1. The number of nitrogens with one attached hydrogen (secondary N) is 1. The van der Waals surface area contributed by atoms with Gasteiger partial charge in [0, 0.05) is 36.6 Å². The number of fused-ring (bicyclic) bond motifs is 1. The third kappa shape index (κ3) is 2.85. The van der Waals surface area contributed by atoms with Gasteiger partial charge in [-0.1, -0.05) is 24.3 Å². The van der Waals surface area contributed by atoms with Crippen molar-refractivity contribution in [1.29, 1.82) is 0 Å². The van der Waals surface area contributed by atoms with E-state index in [9.17, 15) is 0 Å². The summed E-state index contributed by atoms with van der Waals surface area (Å²) in [6, 6.07) is 10.6. The molecule has 1 unspecified atom stereocenters. The van der Waals surface area contributed by atoms with Gasteiger partial charge in [-0.05, 0) is 18.6 Å². The van der Waals surface area contributed by atoms with Crippen molar-refractivity contribution in [1.82, 2.24) is 19.9 Å². The number of hydrogen-bond donors (Lipinski definition) is 1. The number of nitrogens with zero attached hydrogens (tertiary/aromatic N) is 3. The van der Waals surface area contributed by atoms with Crippen LogP contribution in [-0.2, 0) is 11.3 Å². The van der Waals surface area contributed by atoms with Crippen LogP contribution >= 0.6 is 0 Å². The summed E-state index contributed by atoms with van der Waals surface area (Å²) in [5.41, 5.74) is 3.41. The number of aromatic amines is 1. The lowest BCUT2D eigenvalue weighted by Gasteiger charge is -2.34. The fourth-order valence-corrected chi connectivity index (χ4v) is 3.20. The van der Waals surface area contributed by atoms with Crippen LogP contribution in [0.3, 0.4) is 0 Å². The van der Waals surface area contributed by atoms with Gasteiger partial charge in [0.25, 0.3) is 0 Å². The molecule has 1 N–H and O–H groups in total. The molecule has 118 valence electrons. The second kappa shape index (κ2) is 6.10. The normalized spacial score (nSPS) is 19.3. The summed E-state index contributed by atoms with van der Waals surface area (Å²) >= 11 is 0. The van der Waals surface area contributed by atoms with Crippen molar-refractivity contribution >= 4 is 10.9 Å². The van der Waals surface area contributed by atoms with Crippen LogP contribution < -0.4 is 0 Å². The Kier molecular flexibility index (Phi) is 3.81. The molecule has 0 saturated carbocycles. The largest absolute Gasteiger partial charge is 0.378 e. The summed E-state index contributed by atoms with van der Waals surface area (Å²) in [5, 5.41) is 1.18. The van der Waals surface area contributed by atoms with Crippen molar-refractivity contribution in [3.63, 3.8) is 0 Å². The van der Waals surface area contributed by atoms with Crippen LogP contribution in [0.4, 0.5) is 0 Å². The second-order valence-electron chi connectivity index (χ2n) is 6.00. The Balaban J connectivity index is 1.65. The number of H-pyrrole nitrogens is 1. The Labute approximate surface area is 135 Å². The van der Waals surface area contributed by atoms with E-state index in [1.807, 2.05) is 25.4 Å². The first-order valence-electron chi connectivity index (χ1n) is 7.97. The Morgan fingerprint density at radius 2 is 2.17 bits per heavy atom. The van der Waals surface area contributed by atoms with Crippen LogP contribution in [0.15, 0.2) is 42.7 Å². The molecular weight excluding hydrogens is 288 g/mol. The average molecular weight is 308 g/mol. The van der Waals surface area contributed by atoms with Crippen molar-refractivity contribution in [2.75, 3.05) is 19.8 Å². The Hall–Kier alpha value is -2.24. The van der Waals surface area contributed by atoms with Crippen LogP contribution in [0.1, 0.15) is 23.1 Å². The molecule has 4 rings (SSSR count). The SMILES string of the molecule is Cc1cnc(C2COCCN2Cc2cccc3cccnc23)[nH]1. The smallest absolute Gasteiger partial charge is 0.126 e. The first-order chi connectivity index (χ1) is 11.3. The first kappa shape index (κ1) is 14.4. The van der Waals surface area contributed by atoms with Crippen molar-refractivity contribution in [3.8, 4) is 0 Å². The standard InChI is InChI=1S/C18H20N4O/c1-13-10-20-18(21-13)16-12-23-9-8-22(16)11-15-5-2-4-14-6-3-7-19-17(14)15/h2-7,10,16H,8-9,11-12H2,1H3,(H,20,21). The van der Waals surface area contributed by atoms with Crippen molar-refractivity contribution in [3.05, 3.63) is 59.8 Å². The lowest BCUT2D eigenvalue weighted by atomic mass is 10.1. The molecule has 0 spiro atoms. The summed E-state index contributed by atoms with van der Waals surface area (Å²) in [6.07, 6.45) is 3.74. The minimum atomic E-state index is 0.163. The molecule has 1 aliphatic heterocycles. The topological polar surface area (TPSA) is 54.0 Å². The predicted molar refractivity (Wildman–Crippen MR) is 89.0 cm³/mol. The number of morpholine rings is 1. The molecule has 1 atom stereocenters. The summed E-state index contributed by atoms with van der Waals surface area (Å²) in [4.78, 5) is 14.8. The molecule has 1 fully saturated rings. The number of rotatable bonds is 3. The van der Waals surface area contributed by atoms with Crippen LogP contribution in [0.2, 0.25) is 0 Å². The van der Waals surface area contributed by atoms with Gasteiger partial charge in [-0.2, -0.15) is 0 Å². The molecule has 1 aliphatic rings. The molecular formula is C18H20N4O. The monoisotopic (exact) mass is 308 g/mol. The van der Waals surface area contributed by atoms with Gasteiger partial charge in [-0.15, -0.1) is 0 Å². The highest BCUT2D eigenvalue weighted by Crippen LogP contribution is 2.26. The van der Waals surface area contributed by atoms with E-state index in [0.717, 1.165) is 36.7 Å². The number of hydrogen-bond acceptors (Lipinski definition) is 4. The number of benzene rings is 1. The maximum atomic E-state index is 5.68. The molecule has 3 heterocycles. The third-order valence-electron chi connectivity index (χ3n) is 4.37. The van der Waals surface area contributed by atoms with Crippen LogP contribution in [0.25, 0.3) is 10.9 Å². The zero-order chi connectivity index (χ0) is 15.6. The molecule has 23 heavy (non-hydrogen) atoms. The second-order valence-corrected chi connectivity index (χ2v) is 6.00. The third-order valence-corrected chi connectivity index (χ3v) is 4.37. The van der Waals surface area contributed by atoms with Gasteiger partial charge in [0.15, 0.2) is 0 Å². The average Bonchev–Trinajstić information content (AvgIpc) is 3.02. The summed E-state index contributed by atoms with van der Waals surface area (Å²) < 4.78 is 5.68. The van der Waals surface area contributed by atoms with E-state index in [4.69, 9.17) is 4.74 Å². The lowest BCUT2D eigenvalue weighted by Crippen LogP contribution is -2.39. The molecule has 1 saturated heterocycles. The van der Waals surface area contributed by atoms with Gasteiger partial charge < -0.3 is 9.72 Å². The van der Waals surface area contributed by atoms with Gasteiger partial charge >= 0.3 is 0 Å². The minimum absolute atomic E-state index is 0.163. The zero-order valence-electron chi connectivity index (χ0n) is 13.2. The highest BCUT2D eigenvalue weighted by atomic mass is 16.5. The van der Waals surface area contributed by atoms with Crippen molar-refractivity contribution < 1.29 is 4.74 Å². The molecule has 0 radical (unpaired) electrons. The molecule has 3 aromatic rings. The maximum Gasteiger partial charge on any atom is 0.126 e. The van der Waals surface area contributed by atoms with Gasteiger partial charge in [-0.25, -0.2) is 4.98 Å². The zero-order valence-corrected chi connectivity index (χ0v) is 13.2. The number of aryl methyl sites for hydroxylation is 1. The Morgan fingerprint density at radius 1 is 1.26 bits per heavy atom. The quantitative estimate of drug-likeness (QED) is 0.808. The van der Waals surface area contributed by atoms with E-state index in [1.54, 1.807) is 0 Å². The fraction of sp³-hybridized carbons (Fsp3) is 0.333. The lowest BCUT2D eigenvalue weighted by molar-refractivity contribution is -0.0155. The summed E-state index contributed by atoms with van der Waals surface area (Å²) in [6.45, 7) is 5.20. The van der Waals surface area contributed by atoms with E-state index in [2.05, 4.69) is 44.1 Å². The molecule has 2 aromatic heterocycles. The predicted octanol–water partition coefficient (Wildman–Crippen LogP) is 2.84. The van der Waals surface area contributed by atoms with Gasteiger partial charge in [0.1, 0.15) is 5.82 Å². The Morgan fingerprint density at radius 3 is 3.04 bits per heavy atom. The highest BCUT2D eigenvalue weighted by Gasteiger charge is 2.27. The molecule has 0 amide bonds. The number of pyridine rings is 1. The molecule has 1 aromatic carbocycles. The van der Waals surface area contributed by atoms with Crippen molar-refractivity contribution in [2.45, 2.75) is 19.5 Å². The van der Waals surface area contributed by atoms with Crippen LogP contribution in [0.5, 0.6) is 0 Å². The molecule has 5 heteroatoms.